The van der Waals surface area contributed by atoms with E-state index in [1.807, 2.05) is 6.92 Å². The fourth-order valence-electron chi connectivity index (χ4n) is 2.50. The first-order valence-electron chi connectivity index (χ1n) is 6.63. The second kappa shape index (κ2) is 5.33. The van der Waals surface area contributed by atoms with Crippen LogP contribution in [0.25, 0.3) is 10.8 Å². The number of likely N-dealkylation sites (tertiary alicyclic amines) is 1. The summed E-state index contributed by atoms with van der Waals surface area (Å²) in [5, 5.41) is 9.81. The van der Waals surface area contributed by atoms with Gasteiger partial charge in [-0.15, -0.1) is 11.3 Å². The van der Waals surface area contributed by atoms with Crippen molar-refractivity contribution in [3.05, 3.63) is 29.0 Å². The van der Waals surface area contributed by atoms with Gasteiger partial charge < -0.3 is 14.4 Å². The number of carboxylic acid groups (broad SMARTS) is 1. The van der Waals surface area contributed by atoms with Crippen molar-refractivity contribution >= 4 is 23.2 Å². The molecule has 21 heavy (non-hydrogen) atoms. The molecule has 1 saturated heterocycles. The second-order valence-corrected chi connectivity index (χ2v) is 6.10. The van der Waals surface area contributed by atoms with Crippen molar-refractivity contribution < 1.29 is 19.1 Å². The highest BCUT2D eigenvalue weighted by atomic mass is 32.1. The van der Waals surface area contributed by atoms with Gasteiger partial charge in [0, 0.05) is 11.4 Å². The zero-order chi connectivity index (χ0) is 15.0. The number of rotatable bonds is 3. The number of thiazole rings is 1. The highest BCUT2D eigenvalue weighted by molar-refractivity contribution is 7.15. The van der Waals surface area contributed by atoms with Gasteiger partial charge in [0.15, 0.2) is 10.8 Å². The van der Waals surface area contributed by atoms with E-state index in [-0.39, 0.29) is 5.91 Å². The molecule has 0 bridgehead atoms. The average Bonchev–Trinajstić information content (AvgIpc) is 3.18. The van der Waals surface area contributed by atoms with Crippen molar-refractivity contribution in [3.63, 3.8) is 0 Å². The maximum atomic E-state index is 12.5. The fourth-order valence-corrected chi connectivity index (χ4v) is 3.38. The quantitative estimate of drug-likeness (QED) is 0.941. The predicted molar refractivity (Wildman–Crippen MR) is 76.2 cm³/mol. The van der Waals surface area contributed by atoms with Crippen LogP contribution >= 0.6 is 11.3 Å². The van der Waals surface area contributed by atoms with Crippen molar-refractivity contribution in [1.82, 2.24) is 9.88 Å². The molecule has 1 aliphatic rings. The smallest absolute Gasteiger partial charge is 0.326 e. The van der Waals surface area contributed by atoms with Crippen LogP contribution < -0.4 is 0 Å². The number of aryl methyl sites for hydroxylation is 1. The number of carbonyl (C=O) groups is 2. The van der Waals surface area contributed by atoms with Crippen molar-refractivity contribution in [2.75, 3.05) is 6.54 Å². The summed E-state index contributed by atoms with van der Waals surface area (Å²) in [5.41, 5.74) is 0.319. The van der Waals surface area contributed by atoms with Crippen molar-refractivity contribution in [2.45, 2.75) is 25.8 Å². The number of carbonyl (C=O) groups excluding carboxylic acids is 1. The third kappa shape index (κ3) is 2.44. The molecule has 0 radical (unpaired) electrons. The molecule has 2 aromatic rings. The summed E-state index contributed by atoms with van der Waals surface area (Å²) in [5.74, 6) is -0.662. The van der Waals surface area contributed by atoms with E-state index >= 15 is 0 Å². The van der Waals surface area contributed by atoms with E-state index in [4.69, 9.17) is 4.42 Å². The molecule has 0 unspecified atom stereocenters. The van der Waals surface area contributed by atoms with Crippen LogP contribution in [0.3, 0.4) is 0 Å². The molecule has 0 aromatic carbocycles. The molecule has 7 heteroatoms. The van der Waals surface area contributed by atoms with Crippen LogP contribution in [0.4, 0.5) is 0 Å². The molecule has 1 aliphatic heterocycles. The van der Waals surface area contributed by atoms with Gasteiger partial charge >= 0.3 is 5.97 Å². The van der Waals surface area contributed by atoms with Gasteiger partial charge in [0.05, 0.1) is 6.26 Å². The van der Waals surface area contributed by atoms with E-state index in [1.54, 1.807) is 18.4 Å². The molecule has 6 nitrogen and oxygen atoms in total. The highest BCUT2D eigenvalue weighted by Gasteiger charge is 2.36. The zero-order valence-electron chi connectivity index (χ0n) is 11.4. The Hall–Kier alpha value is -2.15. The minimum Gasteiger partial charge on any atom is -0.480 e. The molecular weight excluding hydrogens is 292 g/mol. The Kier molecular flexibility index (Phi) is 3.50. The summed E-state index contributed by atoms with van der Waals surface area (Å²) in [6.45, 7) is 2.27. The molecule has 3 heterocycles. The van der Waals surface area contributed by atoms with Gasteiger partial charge in [0.1, 0.15) is 11.7 Å². The van der Waals surface area contributed by atoms with Crippen LogP contribution in [-0.2, 0) is 4.79 Å². The maximum absolute atomic E-state index is 12.5. The number of hydrogen-bond acceptors (Lipinski definition) is 5. The summed E-state index contributed by atoms with van der Waals surface area (Å²) >= 11 is 1.37. The lowest BCUT2D eigenvalue weighted by atomic mass is 10.2. The summed E-state index contributed by atoms with van der Waals surface area (Å²) < 4.78 is 5.28. The van der Waals surface area contributed by atoms with Crippen LogP contribution in [0.15, 0.2) is 22.8 Å². The van der Waals surface area contributed by atoms with E-state index < -0.39 is 12.0 Å². The summed E-state index contributed by atoms with van der Waals surface area (Å²) in [4.78, 5) is 30.2. The second-order valence-electron chi connectivity index (χ2n) is 4.90. The Balaban J connectivity index is 1.90. The summed E-state index contributed by atoms with van der Waals surface area (Å²) in [6, 6.07) is 2.79. The Morgan fingerprint density at radius 1 is 1.52 bits per heavy atom. The number of carboxylic acids is 1. The molecule has 1 atom stereocenters. The molecule has 110 valence electrons. The fraction of sp³-hybridized carbons (Fsp3) is 0.357. The predicted octanol–water partition coefficient (Wildman–Crippen LogP) is 2.40. The molecule has 2 aromatic heterocycles. The monoisotopic (exact) mass is 306 g/mol. The molecular formula is C14H14N2O4S. The van der Waals surface area contributed by atoms with Gasteiger partial charge in [-0.3, -0.25) is 4.79 Å². The van der Waals surface area contributed by atoms with Gasteiger partial charge in [-0.1, -0.05) is 0 Å². The Bertz CT molecular complexity index is 677. The van der Waals surface area contributed by atoms with Crippen LogP contribution in [-0.4, -0.2) is 39.5 Å². The van der Waals surface area contributed by atoms with Gasteiger partial charge in [0.2, 0.25) is 0 Å². The summed E-state index contributed by atoms with van der Waals surface area (Å²) in [7, 11) is 0. The lowest BCUT2D eigenvalue weighted by Crippen LogP contribution is -2.40. The standard InChI is InChI=1S/C14H14N2O4S/c1-8-11(15-12(21-8)10-5-3-7-20-10)13(17)16-6-2-4-9(16)14(18)19/h3,5,7,9H,2,4,6H2,1H3,(H,18,19)/t9-/m0/s1. The molecule has 0 aliphatic carbocycles. The van der Waals surface area contributed by atoms with E-state index in [0.717, 1.165) is 4.88 Å². The Labute approximate surface area is 125 Å². The molecule has 0 spiro atoms. The third-order valence-electron chi connectivity index (χ3n) is 3.53. The van der Waals surface area contributed by atoms with Crippen LogP contribution in [0, 0.1) is 6.92 Å². The van der Waals surface area contributed by atoms with Crippen LogP contribution in [0.1, 0.15) is 28.2 Å². The Morgan fingerprint density at radius 2 is 2.33 bits per heavy atom. The minimum atomic E-state index is -0.958. The van der Waals surface area contributed by atoms with E-state index in [9.17, 15) is 14.7 Å². The molecule has 1 N–H and O–H groups in total. The van der Waals surface area contributed by atoms with Gasteiger partial charge in [-0.25, -0.2) is 9.78 Å². The lowest BCUT2D eigenvalue weighted by Gasteiger charge is -2.20. The van der Waals surface area contributed by atoms with E-state index in [0.29, 0.717) is 35.8 Å². The third-order valence-corrected chi connectivity index (χ3v) is 4.52. The van der Waals surface area contributed by atoms with Crippen molar-refractivity contribution in [3.8, 4) is 10.8 Å². The topological polar surface area (TPSA) is 83.6 Å². The first-order chi connectivity index (χ1) is 10.1. The number of hydrogen-bond donors (Lipinski definition) is 1. The number of nitrogens with zero attached hydrogens (tertiary/aromatic N) is 2. The summed E-state index contributed by atoms with van der Waals surface area (Å²) in [6.07, 6.45) is 2.75. The Morgan fingerprint density at radius 3 is 3.00 bits per heavy atom. The minimum absolute atomic E-state index is 0.313. The van der Waals surface area contributed by atoms with Gasteiger partial charge in [-0.05, 0) is 31.9 Å². The number of furan rings is 1. The zero-order valence-corrected chi connectivity index (χ0v) is 12.2. The molecule has 1 amide bonds. The van der Waals surface area contributed by atoms with Crippen molar-refractivity contribution in [1.29, 1.82) is 0 Å². The van der Waals surface area contributed by atoms with Crippen LogP contribution in [0.2, 0.25) is 0 Å². The van der Waals surface area contributed by atoms with E-state index in [2.05, 4.69) is 4.98 Å². The number of amides is 1. The maximum Gasteiger partial charge on any atom is 0.326 e. The largest absolute Gasteiger partial charge is 0.480 e. The van der Waals surface area contributed by atoms with Gasteiger partial charge in [0.25, 0.3) is 5.91 Å². The first-order valence-corrected chi connectivity index (χ1v) is 7.44. The molecule has 3 rings (SSSR count). The first kappa shape index (κ1) is 13.8. The van der Waals surface area contributed by atoms with Crippen LogP contribution in [0.5, 0.6) is 0 Å². The number of aliphatic carboxylic acids is 1. The SMILES string of the molecule is Cc1sc(-c2ccco2)nc1C(=O)N1CCC[C@H]1C(=O)O. The highest BCUT2D eigenvalue weighted by Crippen LogP contribution is 2.30. The normalized spacial score (nSPS) is 18.1. The lowest BCUT2D eigenvalue weighted by molar-refractivity contribution is -0.141. The molecule has 1 fully saturated rings. The van der Waals surface area contributed by atoms with Crippen molar-refractivity contribution in [2.24, 2.45) is 0 Å². The van der Waals surface area contributed by atoms with Gasteiger partial charge in [-0.2, -0.15) is 0 Å². The average molecular weight is 306 g/mol. The van der Waals surface area contributed by atoms with E-state index in [1.165, 1.54) is 16.2 Å². The molecule has 0 saturated carbocycles. The number of aromatic nitrogens is 1.